The summed E-state index contributed by atoms with van der Waals surface area (Å²) in [5.74, 6) is 0.117. The first kappa shape index (κ1) is 12.2. The smallest absolute Gasteiger partial charge is 0.195 e. The van der Waals surface area contributed by atoms with Crippen LogP contribution in [0, 0.1) is 6.92 Å². The van der Waals surface area contributed by atoms with Crippen LogP contribution < -0.4 is 0 Å². The Kier molecular flexibility index (Phi) is 2.83. The zero-order valence-corrected chi connectivity index (χ0v) is 11.8. The van der Waals surface area contributed by atoms with Crippen LogP contribution in [0.4, 0.5) is 0 Å². The Morgan fingerprint density at radius 1 is 1.00 bits per heavy atom. The summed E-state index contributed by atoms with van der Waals surface area (Å²) in [7, 11) is 0. The molecule has 0 aromatic heterocycles. The molecule has 0 N–H and O–H groups in total. The molecule has 1 aliphatic carbocycles. The molecule has 0 unspecified atom stereocenters. The van der Waals surface area contributed by atoms with Crippen molar-refractivity contribution in [3.05, 3.63) is 70.8 Å². The number of fused-ring (bicyclic) bond motifs is 2. The van der Waals surface area contributed by atoms with E-state index >= 15 is 0 Å². The maximum Gasteiger partial charge on any atom is 0.195 e. The number of aryl methyl sites for hydroxylation is 1. The third-order valence-electron chi connectivity index (χ3n) is 3.62. The molecule has 2 aromatic rings. The van der Waals surface area contributed by atoms with E-state index in [4.69, 9.17) is 0 Å². The molecule has 1 nitrogen and oxygen atoms in total. The molecule has 3 rings (SSSR count). The molecule has 2 aromatic carbocycles. The summed E-state index contributed by atoms with van der Waals surface area (Å²) < 4.78 is 0. The quantitative estimate of drug-likeness (QED) is 0.610. The molecule has 1 aliphatic rings. The highest BCUT2D eigenvalue weighted by Gasteiger charge is 2.28. The lowest BCUT2D eigenvalue weighted by Gasteiger charge is -2.24. The molecule has 0 heterocycles. The van der Waals surface area contributed by atoms with Crippen molar-refractivity contribution in [2.75, 3.05) is 6.26 Å². The number of hydrogen-bond donors (Lipinski definition) is 0. The van der Waals surface area contributed by atoms with Crippen molar-refractivity contribution >= 4 is 23.1 Å². The van der Waals surface area contributed by atoms with Gasteiger partial charge in [0.2, 0.25) is 0 Å². The van der Waals surface area contributed by atoms with Gasteiger partial charge in [-0.15, -0.1) is 11.8 Å². The SMILES string of the molecule is C=C1c2cccc(SC)c2C(=O)c2cccc(C)c21. The average Bonchev–Trinajstić information content (AvgIpc) is 2.43. The van der Waals surface area contributed by atoms with Crippen molar-refractivity contribution in [2.45, 2.75) is 11.8 Å². The summed E-state index contributed by atoms with van der Waals surface area (Å²) >= 11 is 1.61. The second-order valence-electron chi connectivity index (χ2n) is 4.69. The maximum absolute atomic E-state index is 12.7. The fourth-order valence-corrected chi connectivity index (χ4v) is 3.34. The summed E-state index contributed by atoms with van der Waals surface area (Å²) in [5, 5.41) is 0. The molecule has 0 spiro atoms. The Bertz CT molecular complexity index is 713. The summed E-state index contributed by atoms with van der Waals surface area (Å²) in [6.45, 7) is 6.23. The van der Waals surface area contributed by atoms with Crippen LogP contribution in [-0.2, 0) is 0 Å². The highest BCUT2D eigenvalue weighted by molar-refractivity contribution is 7.98. The lowest BCUT2D eigenvalue weighted by atomic mass is 9.80. The lowest BCUT2D eigenvalue weighted by molar-refractivity contribution is 0.103. The van der Waals surface area contributed by atoms with Crippen LogP contribution >= 0.6 is 11.8 Å². The molecule has 0 bridgehead atoms. The minimum atomic E-state index is 0.117. The van der Waals surface area contributed by atoms with Gasteiger partial charge in [-0.25, -0.2) is 0 Å². The van der Waals surface area contributed by atoms with E-state index in [0.29, 0.717) is 0 Å². The largest absolute Gasteiger partial charge is 0.289 e. The number of thioether (sulfide) groups is 1. The first-order chi connectivity index (χ1) is 9.15. The van der Waals surface area contributed by atoms with Crippen LogP contribution in [0.5, 0.6) is 0 Å². The predicted octanol–water partition coefficient (Wildman–Crippen LogP) is 4.32. The topological polar surface area (TPSA) is 17.1 Å². The average molecular weight is 266 g/mol. The molecule has 0 saturated carbocycles. The van der Waals surface area contributed by atoms with Gasteiger partial charge in [-0.1, -0.05) is 36.9 Å². The van der Waals surface area contributed by atoms with Crippen LogP contribution in [0.15, 0.2) is 47.9 Å². The zero-order chi connectivity index (χ0) is 13.6. The van der Waals surface area contributed by atoms with Crippen LogP contribution in [0.2, 0.25) is 0 Å². The maximum atomic E-state index is 12.7. The zero-order valence-electron chi connectivity index (χ0n) is 11.0. The van der Waals surface area contributed by atoms with Gasteiger partial charge in [-0.2, -0.15) is 0 Å². The van der Waals surface area contributed by atoms with E-state index < -0.39 is 0 Å². The van der Waals surface area contributed by atoms with Crippen molar-refractivity contribution in [2.24, 2.45) is 0 Å². The summed E-state index contributed by atoms with van der Waals surface area (Å²) in [6.07, 6.45) is 2.00. The van der Waals surface area contributed by atoms with E-state index in [1.807, 2.05) is 49.6 Å². The van der Waals surface area contributed by atoms with Crippen molar-refractivity contribution in [3.8, 4) is 0 Å². The fourth-order valence-electron chi connectivity index (χ4n) is 2.71. The van der Waals surface area contributed by atoms with Gasteiger partial charge >= 0.3 is 0 Å². The van der Waals surface area contributed by atoms with Crippen molar-refractivity contribution in [1.29, 1.82) is 0 Å². The van der Waals surface area contributed by atoms with Gasteiger partial charge in [0, 0.05) is 16.0 Å². The standard InChI is InChI=1S/C17H14OS/c1-10-6-4-8-13-15(10)11(2)12-7-5-9-14(19-3)16(12)17(13)18/h4-9H,2H2,1,3H3. The van der Waals surface area contributed by atoms with Crippen LogP contribution in [0.25, 0.3) is 5.57 Å². The molecular formula is C17H14OS. The monoisotopic (exact) mass is 266 g/mol. The molecule has 0 atom stereocenters. The molecule has 0 saturated heterocycles. The number of hydrogen-bond acceptors (Lipinski definition) is 2. The molecular weight excluding hydrogens is 252 g/mol. The molecule has 0 radical (unpaired) electrons. The Morgan fingerprint density at radius 3 is 2.42 bits per heavy atom. The fraction of sp³-hybridized carbons (Fsp3) is 0.118. The first-order valence-corrected chi connectivity index (χ1v) is 7.38. The van der Waals surface area contributed by atoms with Crippen molar-refractivity contribution < 1.29 is 4.79 Å². The van der Waals surface area contributed by atoms with Gasteiger partial charge in [0.1, 0.15) is 0 Å². The molecule has 2 heteroatoms. The number of ketones is 1. The molecule has 0 amide bonds. The lowest BCUT2D eigenvalue weighted by Crippen LogP contribution is -2.16. The Hall–Kier alpha value is -1.80. The molecule has 94 valence electrons. The van der Waals surface area contributed by atoms with Crippen LogP contribution in [0.1, 0.15) is 32.6 Å². The van der Waals surface area contributed by atoms with Gasteiger partial charge in [-0.05, 0) is 41.5 Å². The number of benzene rings is 2. The second kappa shape index (κ2) is 4.39. The minimum absolute atomic E-state index is 0.117. The second-order valence-corrected chi connectivity index (χ2v) is 5.54. The third-order valence-corrected chi connectivity index (χ3v) is 4.40. The minimum Gasteiger partial charge on any atom is -0.289 e. The highest BCUT2D eigenvalue weighted by Crippen LogP contribution is 2.39. The van der Waals surface area contributed by atoms with Gasteiger partial charge in [0.05, 0.1) is 0 Å². The van der Waals surface area contributed by atoms with E-state index in [9.17, 15) is 4.79 Å². The number of carbonyl (C=O) groups is 1. The Labute approximate surface area is 117 Å². The summed E-state index contributed by atoms with van der Waals surface area (Å²) in [4.78, 5) is 13.8. The normalized spacial score (nSPS) is 13.2. The van der Waals surface area contributed by atoms with Gasteiger partial charge in [-0.3, -0.25) is 4.79 Å². The van der Waals surface area contributed by atoms with Crippen molar-refractivity contribution in [3.63, 3.8) is 0 Å². The highest BCUT2D eigenvalue weighted by atomic mass is 32.2. The molecule has 0 fully saturated rings. The summed E-state index contributed by atoms with van der Waals surface area (Å²) in [6, 6.07) is 11.8. The van der Waals surface area contributed by atoms with E-state index in [-0.39, 0.29) is 5.78 Å². The number of rotatable bonds is 1. The van der Waals surface area contributed by atoms with E-state index in [0.717, 1.165) is 38.3 Å². The Balaban J connectivity index is 2.36. The third kappa shape index (κ3) is 1.67. The van der Waals surface area contributed by atoms with E-state index in [1.54, 1.807) is 11.8 Å². The van der Waals surface area contributed by atoms with Gasteiger partial charge in [0.25, 0.3) is 0 Å². The summed E-state index contributed by atoms with van der Waals surface area (Å²) in [5.41, 5.74) is 5.61. The predicted molar refractivity (Wildman–Crippen MR) is 81.0 cm³/mol. The van der Waals surface area contributed by atoms with Crippen molar-refractivity contribution in [1.82, 2.24) is 0 Å². The molecule has 19 heavy (non-hydrogen) atoms. The number of carbonyl (C=O) groups excluding carboxylic acids is 1. The van der Waals surface area contributed by atoms with Crippen LogP contribution in [-0.4, -0.2) is 12.0 Å². The van der Waals surface area contributed by atoms with Crippen LogP contribution in [0.3, 0.4) is 0 Å². The molecule has 0 aliphatic heterocycles. The Morgan fingerprint density at radius 2 is 1.68 bits per heavy atom. The van der Waals surface area contributed by atoms with E-state index in [2.05, 4.69) is 6.58 Å². The first-order valence-electron chi connectivity index (χ1n) is 6.16. The van der Waals surface area contributed by atoms with Gasteiger partial charge in [0.15, 0.2) is 5.78 Å². The van der Waals surface area contributed by atoms with E-state index in [1.165, 1.54) is 0 Å². The van der Waals surface area contributed by atoms with Gasteiger partial charge < -0.3 is 0 Å².